The lowest BCUT2D eigenvalue weighted by Gasteiger charge is -2.34. The molecule has 0 bridgehead atoms. The predicted octanol–water partition coefficient (Wildman–Crippen LogP) is 3.09. The topological polar surface area (TPSA) is 36.4 Å². The molecule has 2 heterocycles. The Hall–Kier alpha value is -1.16. The van der Waals surface area contributed by atoms with Crippen LogP contribution in [0.15, 0.2) is 30.3 Å². The van der Waals surface area contributed by atoms with Crippen LogP contribution in [0.4, 0.5) is 0 Å². The maximum Gasteiger partial charge on any atom is 0.134 e. The van der Waals surface area contributed by atoms with Gasteiger partial charge in [0.1, 0.15) is 5.15 Å². The van der Waals surface area contributed by atoms with Gasteiger partial charge in [0.2, 0.25) is 0 Å². The molecule has 1 saturated heterocycles. The molecule has 3 rings (SSSR count). The molecule has 0 radical (unpaired) electrons. The highest BCUT2D eigenvalue weighted by atomic mass is 35.5. The van der Waals surface area contributed by atoms with Crippen molar-refractivity contribution >= 4 is 22.5 Å². The molecule has 4 heteroatoms. The molecule has 0 spiro atoms. The van der Waals surface area contributed by atoms with E-state index >= 15 is 0 Å². The third kappa shape index (κ3) is 2.80. The molecular weight excluding hydrogens is 272 g/mol. The zero-order valence-corrected chi connectivity index (χ0v) is 12.3. The minimum absolute atomic E-state index is 0.170. The van der Waals surface area contributed by atoms with E-state index in [0.29, 0.717) is 11.1 Å². The SMILES string of the molecule is CC1CN(Cc2cc3ccccc3nc2Cl)CCC1O. The van der Waals surface area contributed by atoms with Gasteiger partial charge in [-0.3, -0.25) is 4.90 Å². The fourth-order valence-electron chi connectivity index (χ4n) is 2.85. The van der Waals surface area contributed by atoms with Crippen LogP contribution in [-0.4, -0.2) is 34.2 Å². The monoisotopic (exact) mass is 290 g/mol. The van der Waals surface area contributed by atoms with Gasteiger partial charge in [0.15, 0.2) is 0 Å². The summed E-state index contributed by atoms with van der Waals surface area (Å²) in [4.78, 5) is 6.81. The van der Waals surface area contributed by atoms with E-state index in [1.807, 2.05) is 18.2 Å². The van der Waals surface area contributed by atoms with Crippen molar-refractivity contribution in [3.8, 4) is 0 Å². The van der Waals surface area contributed by atoms with E-state index in [1.54, 1.807) is 0 Å². The number of piperidine rings is 1. The van der Waals surface area contributed by atoms with E-state index in [2.05, 4.69) is 28.9 Å². The summed E-state index contributed by atoms with van der Waals surface area (Å²) in [5.74, 6) is 0.316. The first kappa shape index (κ1) is 13.8. The Morgan fingerprint density at radius 1 is 1.40 bits per heavy atom. The lowest BCUT2D eigenvalue weighted by molar-refractivity contribution is 0.0320. The number of fused-ring (bicyclic) bond motifs is 1. The first-order valence-corrected chi connectivity index (χ1v) is 7.46. The molecule has 0 aliphatic carbocycles. The zero-order chi connectivity index (χ0) is 14.1. The molecule has 1 aromatic heterocycles. The molecule has 1 aromatic carbocycles. The van der Waals surface area contributed by atoms with Crippen molar-refractivity contribution in [2.75, 3.05) is 13.1 Å². The Kier molecular flexibility index (Phi) is 3.92. The quantitative estimate of drug-likeness (QED) is 0.864. The predicted molar refractivity (Wildman–Crippen MR) is 81.8 cm³/mol. The van der Waals surface area contributed by atoms with Gasteiger partial charge in [0, 0.05) is 30.6 Å². The lowest BCUT2D eigenvalue weighted by Crippen LogP contribution is -2.41. The third-order valence-electron chi connectivity index (χ3n) is 4.09. The fourth-order valence-corrected chi connectivity index (χ4v) is 3.06. The number of aliphatic hydroxyl groups excluding tert-OH is 1. The first-order chi connectivity index (χ1) is 9.63. The van der Waals surface area contributed by atoms with Crippen molar-refractivity contribution in [1.82, 2.24) is 9.88 Å². The van der Waals surface area contributed by atoms with Crippen molar-refractivity contribution in [3.63, 3.8) is 0 Å². The number of hydrogen-bond donors (Lipinski definition) is 1. The maximum atomic E-state index is 9.79. The first-order valence-electron chi connectivity index (χ1n) is 7.08. The average Bonchev–Trinajstić information content (AvgIpc) is 2.44. The van der Waals surface area contributed by atoms with E-state index in [1.165, 1.54) is 0 Å². The van der Waals surface area contributed by atoms with Gasteiger partial charge in [-0.2, -0.15) is 0 Å². The van der Waals surface area contributed by atoms with Crippen molar-refractivity contribution in [2.24, 2.45) is 5.92 Å². The Bertz CT molecular complexity index is 616. The summed E-state index contributed by atoms with van der Waals surface area (Å²) in [7, 11) is 0. The van der Waals surface area contributed by atoms with Gasteiger partial charge < -0.3 is 5.11 Å². The number of aromatic nitrogens is 1. The van der Waals surface area contributed by atoms with Crippen LogP contribution < -0.4 is 0 Å². The Balaban J connectivity index is 1.82. The largest absolute Gasteiger partial charge is 0.393 e. The zero-order valence-electron chi connectivity index (χ0n) is 11.6. The molecule has 106 valence electrons. The second-order valence-corrected chi connectivity index (χ2v) is 6.06. The number of nitrogens with zero attached hydrogens (tertiary/aromatic N) is 2. The van der Waals surface area contributed by atoms with Crippen molar-refractivity contribution in [3.05, 3.63) is 41.0 Å². The summed E-state index contributed by atoms with van der Waals surface area (Å²) in [6.07, 6.45) is 0.663. The van der Waals surface area contributed by atoms with Crippen LogP contribution in [-0.2, 0) is 6.54 Å². The highest BCUT2D eigenvalue weighted by Crippen LogP contribution is 2.24. The van der Waals surface area contributed by atoms with Gasteiger partial charge in [-0.15, -0.1) is 0 Å². The molecule has 1 aliphatic heterocycles. The molecule has 2 unspecified atom stereocenters. The van der Waals surface area contributed by atoms with Gasteiger partial charge in [-0.05, 0) is 24.5 Å². The number of benzene rings is 1. The van der Waals surface area contributed by atoms with E-state index in [-0.39, 0.29) is 6.10 Å². The highest BCUT2D eigenvalue weighted by Gasteiger charge is 2.24. The van der Waals surface area contributed by atoms with Crippen molar-refractivity contribution in [2.45, 2.75) is 26.0 Å². The van der Waals surface area contributed by atoms with E-state index in [0.717, 1.165) is 42.5 Å². The maximum absolute atomic E-state index is 9.79. The van der Waals surface area contributed by atoms with Gasteiger partial charge in [0.05, 0.1) is 11.6 Å². The summed E-state index contributed by atoms with van der Waals surface area (Å²) in [6, 6.07) is 10.1. The van der Waals surface area contributed by atoms with E-state index < -0.39 is 0 Å². The van der Waals surface area contributed by atoms with Gasteiger partial charge >= 0.3 is 0 Å². The number of likely N-dealkylation sites (tertiary alicyclic amines) is 1. The standard InChI is InChI=1S/C16H19ClN2O/c1-11-9-19(7-6-15(11)20)10-13-8-12-4-2-3-5-14(12)18-16(13)17/h2-5,8,11,15,20H,6-7,9-10H2,1H3. The van der Waals surface area contributed by atoms with Crippen LogP contribution >= 0.6 is 11.6 Å². The highest BCUT2D eigenvalue weighted by molar-refractivity contribution is 6.30. The number of para-hydroxylation sites is 1. The Labute approximate surface area is 124 Å². The smallest absolute Gasteiger partial charge is 0.134 e. The molecule has 3 nitrogen and oxygen atoms in total. The van der Waals surface area contributed by atoms with Crippen LogP contribution in [0.3, 0.4) is 0 Å². The molecule has 1 fully saturated rings. The molecule has 0 saturated carbocycles. The molecule has 0 amide bonds. The van der Waals surface area contributed by atoms with Crippen LogP contribution in [0.1, 0.15) is 18.9 Å². The number of aliphatic hydroxyl groups is 1. The molecular formula is C16H19ClN2O. The van der Waals surface area contributed by atoms with Gasteiger partial charge in [0.25, 0.3) is 0 Å². The van der Waals surface area contributed by atoms with Crippen LogP contribution in [0.2, 0.25) is 5.15 Å². The molecule has 2 aromatic rings. The minimum Gasteiger partial charge on any atom is -0.393 e. The summed E-state index contributed by atoms with van der Waals surface area (Å²) in [5.41, 5.74) is 2.00. The molecule has 20 heavy (non-hydrogen) atoms. The Morgan fingerprint density at radius 2 is 2.20 bits per heavy atom. The van der Waals surface area contributed by atoms with E-state index in [4.69, 9.17) is 11.6 Å². The van der Waals surface area contributed by atoms with Crippen molar-refractivity contribution < 1.29 is 5.11 Å². The summed E-state index contributed by atoms with van der Waals surface area (Å²) in [5, 5.41) is 11.5. The second kappa shape index (κ2) is 5.68. The average molecular weight is 291 g/mol. The molecule has 1 N–H and O–H groups in total. The lowest BCUT2D eigenvalue weighted by atomic mass is 9.96. The second-order valence-electron chi connectivity index (χ2n) is 5.70. The summed E-state index contributed by atoms with van der Waals surface area (Å²) < 4.78 is 0. The van der Waals surface area contributed by atoms with Gasteiger partial charge in [-0.1, -0.05) is 36.7 Å². The third-order valence-corrected chi connectivity index (χ3v) is 4.42. The van der Waals surface area contributed by atoms with Crippen LogP contribution in [0.25, 0.3) is 10.9 Å². The minimum atomic E-state index is -0.170. The van der Waals surface area contributed by atoms with Gasteiger partial charge in [-0.25, -0.2) is 4.98 Å². The molecule has 2 atom stereocenters. The Morgan fingerprint density at radius 3 is 3.00 bits per heavy atom. The number of hydrogen-bond acceptors (Lipinski definition) is 3. The summed E-state index contributed by atoms with van der Waals surface area (Å²) >= 11 is 6.30. The van der Waals surface area contributed by atoms with Crippen molar-refractivity contribution in [1.29, 1.82) is 0 Å². The van der Waals surface area contributed by atoms with Crippen LogP contribution in [0, 0.1) is 5.92 Å². The fraction of sp³-hybridized carbons (Fsp3) is 0.438. The van der Waals surface area contributed by atoms with Crippen LogP contribution in [0.5, 0.6) is 0 Å². The van der Waals surface area contributed by atoms with E-state index in [9.17, 15) is 5.11 Å². The molecule has 1 aliphatic rings. The summed E-state index contributed by atoms with van der Waals surface area (Å²) in [6.45, 7) is 4.71. The number of halogens is 1. The number of rotatable bonds is 2. The normalized spacial score (nSPS) is 24.1. The number of pyridine rings is 1.